The standard InChI is InChI=1S/C14H21NO2/c16-9-11-17-10-8-15-14-7-3-5-12-4-1-2-6-13(12)14/h1-2,4,6,14-16H,3,5,7-11H2. The number of aliphatic hydroxyl groups is 1. The van der Waals surface area contributed by atoms with Gasteiger partial charge in [-0.25, -0.2) is 0 Å². The number of hydrogen-bond acceptors (Lipinski definition) is 3. The van der Waals surface area contributed by atoms with Gasteiger partial charge in [0.1, 0.15) is 0 Å². The molecule has 1 unspecified atom stereocenters. The van der Waals surface area contributed by atoms with Crippen molar-refractivity contribution in [2.24, 2.45) is 0 Å². The molecule has 0 aromatic heterocycles. The first kappa shape index (κ1) is 12.6. The van der Waals surface area contributed by atoms with Crippen LogP contribution in [0.4, 0.5) is 0 Å². The van der Waals surface area contributed by atoms with Crippen LogP contribution >= 0.6 is 0 Å². The highest BCUT2D eigenvalue weighted by Crippen LogP contribution is 2.28. The van der Waals surface area contributed by atoms with E-state index in [0.717, 1.165) is 6.54 Å². The number of aryl methyl sites for hydroxylation is 1. The lowest BCUT2D eigenvalue weighted by atomic mass is 9.88. The summed E-state index contributed by atoms with van der Waals surface area (Å²) in [5, 5.41) is 12.1. The van der Waals surface area contributed by atoms with Crippen molar-refractivity contribution in [1.29, 1.82) is 0 Å². The smallest absolute Gasteiger partial charge is 0.0698 e. The summed E-state index contributed by atoms with van der Waals surface area (Å²) in [5.74, 6) is 0. The molecule has 0 bridgehead atoms. The van der Waals surface area contributed by atoms with Crippen molar-refractivity contribution in [1.82, 2.24) is 5.32 Å². The van der Waals surface area contributed by atoms with Crippen molar-refractivity contribution in [3.8, 4) is 0 Å². The summed E-state index contributed by atoms with van der Waals surface area (Å²) < 4.78 is 5.25. The first-order valence-electron chi connectivity index (χ1n) is 6.41. The fourth-order valence-corrected chi connectivity index (χ4v) is 2.44. The molecule has 0 saturated heterocycles. The molecule has 0 aliphatic heterocycles. The molecule has 0 saturated carbocycles. The average Bonchev–Trinajstić information content (AvgIpc) is 2.39. The van der Waals surface area contributed by atoms with Gasteiger partial charge in [0.15, 0.2) is 0 Å². The minimum atomic E-state index is 0.103. The van der Waals surface area contributed by atoms with Gasteiger partial charge in [-0.15, -0.1) is 0 Å². The molecule has 0 fully saturated rings. The Balaban J connectivity index is 1.82. The van der Waals surface area contributed by atoms with E-state index in [-0.39, 0.29) is 6.61 Å². The van der Waals surface area contributed by atoms with E-state index in [1.165, 1.54) is 30.4 Å². The lowest BCUT2D eigenvalue weighted by Gasteiger charge is -2.26. The topological polar surface area (TPSA) is 41.5 Å². The SMILES string of the molecule is OCCOCCNC1CCCc2ccccc21. The van der Waals surface area contributed by atoms with Crippen molar-refractivity contribution < 1.29 is 9.84 Å². The first-order chi connectivity index (χ1) is 8.42. The molecule has 17 heavy (non-hydrogen) atoms. The molecule has 0 radical (unpaired) electrons. The van der Waals surface area contributed by atoms with Crippen molar-refractivity contribution in [2.45, 2.75) is 25.3 Å². The molecule has 3 nitrogen and oxygen atoms in total. The average molecular weight is 235 g/mol. The van der Waals surface area contributed by atoms with Crippen LogP contribution in [0.25, 0.3) is 0 Å². The molecule has 1 atom stereocenters. The van der Waals surface area contributed by atoms with Gasteiger partial charge in [-0.3, -0.25) is 0 Å². The highest BCUT2D eigenvalue weighted by molar-refractivity contribution is 5.32. The number of ether oxygens (including phenoxy) is 1. The Kier molecular flexibility index (Phi) is 4.98. The van der Waals surface area contributed by atoms with Crippen LogP contribution in [0, 0.1) is 0 Å². The summed E-state index contributed by atoms with van der Waals surface area (Å²) >= 11 is 0. The van der Waals surface area contributed by atoms with Crippen molar-refractivity contribution in [3.05, 3.63) is 35.4 Å². The number of fused-ring (bicyclic) bond motifs is 1. The summed E-state index contributed by atoms with van der Waals surface area (Å²) in [6, 6.07) is 9.15. The van der Waals surface area contributed by atoms with Crippen LogP contribution < -0.4 is 5.32 Å². The summed E-state index contributed by atoms with van der Waals surface area (Å²) in [6.45, 7) is 2.05. The predicted octanol–water partition coefficient (Wildman–Crippen LogP) is 1.66. The zero-order valence-corrected chi connectivity index (χ0v) is 10.2. The third kappa shape index (κ3) is 3.53. The van der Waals surface area contributed by atoms with Crippen LogP contribution in [0.1, 0.15) is 30.0 Å². The third-order valence-electron chi connectivity index (χ3n) is 3.24. The predicted molar refractivity (Wildman–Crippen MR) is 68.0 cm³/mol. The van der Waals surface area contributed by atoms with Crippen LogP contribution in [-0.2, 0) is 11.2 Å². The molecule has 0 amide bonds. The molecule has 3 heteroatoms. The van der Waals surface area contributed by atoms with Crippen molar-refractivity contribution >= 4 is 0 Å². The highest BCUT2D eigenvalue weighted by Gasteiger charge is 2.18. The van der Waals surface area contributed by atoms with Gasteiger partial charge in [0.25, 0.3) is 0 Å². The molecule has 1 aromatic rings. The van der Waals surface area contributed by atoms with Gasteiger partial charge in [0, 0.05) is 12.6 Å². The molecule has 2 N–H and O–H groups in total. The maximum atomic E-state index is 8.60. The monoisotopic (exact) mass is 235 g/mol. The van der Waals surface area contributed by atoms with Gasteiger partial charge in [-0.1, -0.05) is 24.3 Å². The fourth-order valence-electron chi connectivity index (χ4n) is 2.44. The summed E-state index contributed by atoms with van der Waals surface area (Å²) in [6.07, 6.45) is 3.67. The van der Waals surface area contributed by atoms with Crippen LogP contribution in [0.5, 0.6) is 0 Å². The van der Waals surface area contributed by atoms with Gasteiger partial charge in [-0.2, -0.15) is 0 Å². The minimum Gasteiger partial charge on any atom is -0.394 e. The van der Waals surface area contributed by atoms with Gasteiger partial charge in [-0.05, 0) is 30.4 Å². The van der Waals surface area contributed by atoms with Crippen LogP contribution in [-0.4, -0.2) is 31.5 Å². The number of aliphatic hydroxyl groups excluding tert-OH is 1. The number of benzene rings is 1. The van der Waals surface area contributed by atoms with Crippen molar-refractivity contribution in [2.75, 3.05) is 26.4 Å². The first-order valence-corrected chi connectivity index (χ1v) is 6.41. The Hall–Kier alpha value is -0.900. The Labute approximate surface area is 103 Å². The molecule has 2 rings (SSSR count). The Morgan fingerprint density at radius 1 is 1.29 bits per heavy atom. The molecule has 1 aromatic carbocycles. The summed E-state index contributed by atoms with van der Waals surface area (Å²) in [5.41, 5.74) is 2.92. The van der Waals surface area contributed by atoms with E-state index in [9.17, 15) is 0 Å². The molecule has 0 spiro atoms. The maximum Gasteiger partial charge on any atom is 0.0698 e. The molecule has 1 aliphatic rings. The largest absolute Gasteiger partial charge is 0.394 e. The second kappa shape index (κ2) is 6.74. The second-order valence-corrected chi connectivity index (χ2v) is 4.43. The molecular weight excluding hydrogens is 214 g/mol. The molecular formula is C14H21NO2. The Morgan fingerprint density at radius 3 is 3.06 bits per heavy atom. The van der Waals surface area contributed by atoms with E-state index in [4.69, 9.17) is 9.84 Å². The van der Waals surface area contributed by atoms with Crippen molar-refractivity contribution in [3.63, 3.8) is 0 Å². The Bertz CT molecular complexity index is 341. The van der Waals surface area contributed by atoms with E-state index in [1.807, 2.05) is 0 Å². The second-order valence-electron chi connectivity index (χ2n) is 4.43. The maximum absolute atomic E-state index is 8.60. The normalized spacial score (nSPS) is 19.0. The number of rotatable bonds is 6. The summed E-state index contributed by atoms with van der Waals surface area (Å²) in [4.78, 5) is 0. The lowest BCUT2D eigenvalue weighted by Crippen LogP contribution is -2.28. The highest BCUT2D eigenvalue weighted by atomic mass is 16.5. The van der Waals surface area contributed by atoms with Crippen LogP contribution in [0.2, 0.25) is 0 Å². The van der Waals surface area contributed by atoms with Gasteiger partial charge < -0.3 is 15.2 Å². The fraction of sp³-hybridized carbons (Fsp3) is 0.571. The van der Waals surface area contributed by atoms with Crippen LogP contribution in [0.3, 0.4) is 0 Å². The van der Waals surface area contributed by atoms with Gasteiger partial charge in [0.05, 0.1) is 19.8 Å². The van der Waals surface area contributed by atoms with Gasteiger partial charge in [0.2, 0.25) is 0 Å². The molecule has 1 aliphatic carbocycles. The zero-order chi connectivity index (χ0) is 11.9. The number of nitrogens with one attached hydrogen (secondary N) is 1. The number of hydrogen-bond donors (Lipinski definition) is 2. The van der Waals surface area contributed by atoms with E-state index in [1.54, 1.807) is 0 Å². The quantitative estimate of drug-likeness (QED) is 0.737. The van der Waals surface area contributed by atoms with E-state index >= 15 is 0 Å². The van der Waals surface area contributed by atoms with Crippen LogP contribution in [0.15, 0.2) is 24.3 Å². The minimum absolute atomic E-state index is 0.103. The summed E-state index contributed by atoms with van der Waals surface area (Å²) in [7, 11) is 0. The van der Waals surface area contributed by atoms with Gasteiger partial charge >= 0.3 is 0 Å². The van der Waals surface area contributed by atoms with E-state index in [2.05, 4.69) is 29.6 Å². The van der Waals surface area contributed by atoms with E-state index in [0.29, 0.717) is 19.3 Å². The zero-order valence-electron chi connectivity index (χ0n) is 10.2. The van der Waals surface area contributed by atoms with E-state index < -0.39 is 0 Å². The Morgan fingerprint density at radius 2 is 2.18 bits per heavy atom. The lowest BCUT2D eigenvalue weighted by molar-refractivity contribution is 0.0922. The third-order valence-corrected chi connectivity index (χ3v) is 3.24. The molecule has 94 valence electrons. The molecule has 0 heterocycles.